The van der Waals surface area contributed by atoms with Gasteiger partial charge in [-0.15, -0.1) is 0 Å². The van der Waals surface area contributed by atoms with Crippen LogP contribution in [-0.4, -0.2) is 27.6 Å². The molecule has 0 saturated heterocycles. The van der Waals surface area contributed by atoms with Crippen molar-refractivity contribution in [2.24, 2.45) is 0 Å². The molecule has 146 valence electrons. The summed E-state index contributed by atoms with van der Waals surface area (Å²) >= 11 is 0. The summed E-state index contributed by atoms with van der Waals surface area (Å²) in [6, 6.07) is 13.7. The average molecular weight is 378 g/mol. The van der Waals surface area contributed by atoms with Gasteiger partial charge in [0.1, 0.15) is 0 Å². The van der Waals surface area contributed by atoms with Crippen LogP contribution in [0.1, 0.15) is 49.5 Å². The number of carbonyl (C=O) groups is 1. The van der Waals surface area contributed by atoms with Crippen molar-refractivity contribution in [1.82, 2.24) is 20.4 Å². The number of amides is 1. The Bertz CT molecular complexity index is 886. The topological polar surface area (TPSA) is 80.9 Å². The third-order valence-electron chi connectivity index (χ3n) is 4.47. The highest BCUT2D eigenvalue weighted by molar-refractivity contribution is 5.84. The lowest BCUT2D eigenvalue weighted by Gasteiger charge is -2.17. The first-order valence-corrected chi connectivity index (χ1v) is 9.48. The number of nitrogens with zero attached hydrogens (tertiary/aromatic N) is 3. The van der Waals surface area contributed by atoms with Crippen LogP contribution in [0.25, 0.3) is 0 Å². The Hall–Kier alpha value is -3.02. The van der Waals surface area contributed by atoms with Gasteiger partial charge >= 0.3 is 0 Å². The Kier molecular flexibility index (Phi) is 6.19. The summed E-state index contributed by atoms with van der Waals surface area (Å²) in [5.41, 5.74) is 1.88. The Balaban J connectivity index is 1.64. The lowest BCUT2D eigenvalue weighted by Crippen LogP contribution is -2.32. The molecule has 0 bridgehead atoms. The Morgan fingerprint density at radius 2 is 1.82 bits per heavy atom. The number of carbonyl (C=O) groups excluding carboxylic acids is 1. The molecule has 0 fully saturated rings. The maximum Gasteiger partial charge on any atom is 0.232 e. The molecule has 3 aromatic rings. The number of aromatic nitrogens is 3. The molecule has 3 rings (SSSR count). The van der Waals surface area contributed by atoms with Gasteiger partial charge in [-0.25, -0.2) is 0 Å². The molecule has 1 unspecified atom stereocenters. The summed E-state index contributed by atoms with van der Waals surface area (Å²) in [4.78, 5) is 21.4. The molecule has 1 amide bonds. The fraction of sp³-hybridized carbons (Fsp3) is 0.364. The van der Waals surface area contributed by atoms with Crippen LogP contribution >= 0.6 is 0 Å². The highest BCUT2D eigenvalue weighted by atomic mass is 16.5. The number of pyridine rings is 1. The molecular weight excluding hydrogens is 352 g/mol. The molecule has 0 aliphatic carbocycles. The molecule has 1 atom stereocenters. The van der Waals surface area contributed by atoms with Crippen molar-refractivity contribution < 1.29 is 9.32 Å². The summed E-state index contributed by atoms with van der Waals surface area (Å²) in [5, 5.41) is 7.03. The van der Waals surface area contributed by atoms with Gasteiger partial charge in [0.05, 0.1) is 5.92 Å². The van der Waals surface area contributed by atoms with Crippen LogP contribution in [0.5, 0.6) is 0 Å². The van der Waals surface area contributed by atoms with E-state index in [9.17, 15) is 4.79 Å². The zero-order valence-corrected chi connectivity index (χ0v) is 16.6. The molecule has 2 aromatic heterocycles. The molecule has 0 spiro atoms. The maximum absolute atomic E-state index is 12.9. The van der Waals surface area contributed by atoms with E-state index >= 15 is 0 Å². The van der Waals surface area contributed by atoms with E-state index in [0.717, 1.165) is 11.1 Å². The average Bonchev–Trinajstić information content (AvgIpc) is 3.17. The minimum Gasteiger partial charge on any atom is -0.355 e. The van der Waals surface area contributed by atoms with Crippen LogP contribution < -0.4 is 5.32 Å². The number of hydrogen-bond acceptors (Lipinski definition) is 5. The quantitative estimate of drug-likeness (QED) is 0.681. The Morgan fingerprint density at radius 1 is 1.11 bits per heavy atom. The number of benzene rings is 1. The first kappa shape index (κ1) is 19.7. The minimum atomic E-state index is -0.265. The monoisotopic (exact) mass is 378 g/mol. The summed E-state index contributed by atoms with van der Waals surface area (Å²) < 4.78 is 5.30. The first-order chi connectivity index (χ1) is 13.4. The summed E-state index contributed by atoms with van der Waals surface area (Å²) in [7, 11) is 0. The van der Waals surface area contributed by atoms with Gasteiger partial charge in [0, 0.05) is 30.8 Å². The van der Waals surface area contributed by atoms with Crippen LogP contribution in [0.2, 0.25) is 0 Å². The van der Waals surface area contributed by atoms with Gasteiger partial charge in [-0.05, 0) is 29.7 Å². The van der Waals surface area contributed by atoms with Crippen LogP contribution in [0, 0.1) is 0 Å². The van der Waals surface area contributed by atoms with Gasteiger partial charge in [0.2, 0.25) is 11.8 Å². The molecule has 28 heavy (non-hydrogen) atoms. The molecule has 2 heterocycles. The van der Waals surface area contributed by atoms with Crippen molar-refractivity contribution in [3.8, 4) is 0 Å². The van der Waals surface area contributed by atoms with Crippen molar-refractivity contribution in [2.75, 3.05) is 6.54 Å². The van der Waals surface area contributed by atoms with Gasteiger partial charge < -0.3 is 9.84 Å². The van der Waals surface area contributed by atoms with Gasteiger partial charge in [-0.1, -0.05) is 56.3 Å². The molecule has 0 saturated carbocycles. The van der Waals surface area contributed by atoms with Crippen molar-refractivity contribution >= 4 is 5.91 Å². The predicted octanol–water partition coefficient (Wildman–Crippen LogP) is 3.45. The van der Waals surface area contributed by atoms with Gasteiger partial charge in [0.15, 0.2) is 5.82 Å². The Morgan fingerprint density at radius 3 is 2.46 bits per heavy atom. The zero-order valence-electron chi connectivity index (χ0n) is 16.6. The largest absolute Gasteiger partial charge is 0.355 e. The lowest BCUT2D eigenvalue weighted by molar-refractivity contribution is -0.122. The molecule has 0 radical (unpaired) electrons. The normalized spacial score (nSPS) is 12.5. The van der Waals surface area contributed by atoms with E-state index in [-0.39, 0.29) is 17.2 Å². The van der Waals surface area contributed by atoms with Crippen molar-refractivity contribution in [3.05, 3.63) is 77.7 Å². The van der Waals surface area contributed by atoms with E-state index in [4.69, 9.17) is 4.52 Å². The van der Waals surface area contributed by atoms with E-state index < -0.39 is 0 Å². The summed E-state index contributed by atoms with van der Waals surface area (Å²) in [6.07, 6.45) is 4.65. The van der Waals surface area contributed by atoms with E-state index in [1.165, 1.54) is 0 Å². The highest BCUT2D eigenvalue weighted by Gasteiger charge is 2.23. The van der Waals surface area contributed by atoms with E-state index in [2.05, 4.69) is 20.4 Å². The van der Waals surface area contributed by atoms with Gasteiger partial charge in [0.25, 0.3) is 0 Å². The number of rotatable bonds is 7. The third kappa shape index (κ3) is 5.25. The molecule has 0 aliphatic rings. The summed E-state index contributed by atoms with van der Waals surface area (Å²) in [5.74, 6) is 0.936. The van der Waals surface area contributed by atoms with Crippen molar-refractivity contribution in [2.45, 2.75) is 44.9 Å². The Labute approximate surface area is 165 Å². The smallest absolute Gasteiger partial charge is 0.232 e. The maximum atomic E-state index is 12.9. The van der Waals surface area contributed by atoms with Crippen LogP contribution in [-0.2, 0) is 23.1 Å². The number of nitrogens with one attached hydrogen (secondary N) is 1. The minimum absolute atomic E-state index is 0.0115. The van der Waals surface area contributed by atoms with Gasteiger partial charge in [-0.2, -0.15) is 4.98 Å². The molecule has 1 aromatic carbocycles. The third-order valence-corrected chi connectivity index (χ3v) is 4.47. The molecule has 6 heteroatoms. The first-order valence-electron chi connectivity index (χ1n) is 9.48. The second kappa shape index (κ2) is 8.78. The van der Waals surface area contributed by atoms with Gasteiger partial charge in [-0.3, -0.25) is 9.78 Å². The van der Waals surface area contributed by atoms with Crippen LogP contribution in [0.15, 0.2) is 59.4 Å². The zero-order chi connectivity index (χ0) is 20.0. The van der Waals surface area contributed by atoms with Crippen molar-refractivity contribution in [1.29, 1.82) is 0 Å². The molecule has 0 aliphatic heterocycles. The second-order valence-corrected chi connectivity index (χ2v) is 7.83. The van der Waals surface area contributed by atoms with Crippen LogP contribution in [0.3, 0.4) is 0 Å². The SMILES string of the molecule is CC(C)(C)c1nc(CCNC(=O)C(Cc2ccncc2)c2ccccc2)no1. The molecular formula is C22H26N4O2. The fourth-order valence-electron chi connectivity index (χ4n) is 2.88. The summed E-state index contributed by atoms with van der Waals surface area (Å²) in [6.45, 7) is 6.53. The highest BCUT2D eigenvalue weighted by Crippen LogP contribution is 2.21. The van der Waals surface area contributed by atoms with E-state index in [1.807, 2.05) is 63.2 Å². The van der Waals surface area contributed by atoms with Crippen LogP contribution in [0.4, 0.5) is 0 Å². The molecule has 6 nitrogen and oxygen atoms in total. The van der Waals surface area contributed by atoms with E-state index in [1.54, 1.807) is 12.4 Å². The van der Waals surface area contributed by atoms with Crippen molar-refractivity contribution in [3.63, 3.8) is 0 Å². The second-order valence-electron chi connectivity index (χ2n) is 7.83. The lowest BCUT2D eigenvalue weighted by atomic mass is 9.91. The van der Waals surface area contributed by atoms with E-state index in [0.29, 0.717) is 31.1 Å². The number of hydrogen-bond donors (Lipinski definition) is 1. The predicted molar refractivity (Wildman–Crippen MR) is 107 cm³/mol. The fourth-order valence-corrected chi connectivity index (χ4v) is 2.88. The standard InChI is InChI=1S/C22H26N4O2/c1-22(2,3)21-25-19(26-28-21)11-14-24-20(27)18(17-7-5-4-6-8-17)15-16-9-12-23-13-10-16/h4-10,12-13,18H,11,14-15H2,1-3H3,(H,24,27). The molecule has 1 N–H and O–H groups in total.